The highest BCUT2D eigenvalue weighted by atomic mass is 16.3. The molecule has 0 aliphatic heterocycles. The van der Waals surface area contributed by atoms with Crippen LogP contribution in [0.2, 0.25) is 0 Å². The predicted octanol–water partition coefficient (Wildman–Crippen LogP) is 3.59. The van der Waals surface area contributed by atoms with Gasteiger partial charge in [0.05, 0.1) is 5.69 Å². The van der Waals surface area contributed by atoms with Crippen LogP contribution in [0.3, 0.4) is 0 Å². The average Bonchev–Trinajstić information content (AvgIpc) is 2.96. The summed E-state index contributed by atoms with van der Waals surface area (Å²) in [6.07, 6.45) is 3.73. The smallest absolute Gasteiger partial charge is 0.220 e. The van der Waals surface area contributed by atoms with Crippen molar-refractivity contribution in [1.29, 1.82) is 0 Å². The van der Waals surface area contributed by atoms with E-state index in [9.17, 15) is 5.11 Å². The fourth-order valence-corrected chi connectivity index (χ4v) is 2.94. The first-order chi connectivity index (χ1) is 11.6. The molecule has 0 spiro atoms. The number of phenolic OH excluding ortho intramolecular Hbond substituents is 1. The Kier molecular flexibility index (Phi) is 3.20. The molecule has 0 unspecified atom stereocenters. The fraction of sp³-hybridized carbons (Fsp3) is 0.0526. The number of nitrogens with two attached hydrogens (primary N) is 1. The van der Waals surface area contributed by atoms with Crippen LogP contribution in [0.4, 0.5) is 5.95 Å². The number of aryl methyl sites for hydroxylation is 1. The number of hydrogen-bond acceptors (Lipinski definition) is 4. The monoisotopic (exact) mass is 316 g/mol. The van der Waals surface area contributed by atoms with Gasteiger partial charge in [-0.1, -0.05) is 18.2 Å². The van der Waals surface area contributed by atoms with Crippen LogP contribution in [0.1, 0.15) is 0 Å². The molecule has 0 bridgehead atoms. The Morgan fingerprint density at radius 1 is 1.04 bits per heavy atom. The lowest BCUT2D eigenvalue weighted by Gasteiger charge is -2.11. The Labute approximate surface area is 139 Å². The van der Waals surface area contributed by atoms with E-state index in [1.54, 1.807) is 18.3 Å². The van der Waals surface area contributed by atoms with Crippen molar-refractivity contribution in [2.45, 2.75) is 0 Å². The molecule has 0 aliphatic carbocycles. The quantitative estimate of drug-likeness (QED) is 0.592. The number of para-hydroxylation sites is 1. The topological polar surface area (TPSA) is 77.0 Å². The van der Waals surface area contributed by atoms with Crippen molar-refractivity contribution in [3.63, 3.8) is 0 Å². The Morgan fingerprint density at radius 3 is 2.71 bits per heavy atom. The third-order valence-electron chi connectivity index (χ3n) is 4.16. The molecule has 0 saturated heterocycles. The van der Waals surface area contributed by atoms with Crippen molar-refractivity contribution in [1.82, 2.24) is 14.5 Å². The minimum Gasteiger partial charge on any atom is -0.507 e. The van der Waals surface area contributed by atoms with Crippen molar-refractivity contribution in [2.75, 3.05) is 5.73 Å². The molecule has 118 valence electrons. The number of nitrogens with zero attached hydrogens (tertiary/aromatic N) is 3. The molecule has 0 saturated carbocycles. The number of aromatic nitrogens is 3. The van der Waals surface area contributed by atoms with Crippen LogP contribution in [0, 0.1) is 0 Å². The number of anilines is 1. The Bertz CT molecular complexity index is 1050. The van der Waals surface area contributed by atoms with Crippen LogP contribution in [0.15, 0.2) is 60.9 Å². The zero-order valence-electron chi connectivity index (χ0n) is 13.1. The highest BCUT2D eigenvalue weighted by molar-refractivity contribution is 5.90. The lowest BCUT2D eigenvalue weighted by molar-refractivity contribution is 0.477. The van der Waals surface area contributed by atoms with Gasteiger partial charge in [0.1, 0.15) is 5.75 Å². The molecule has 5 nitrogen and oxygen atoms in total. The molecule has 4 rings (SSSR count). The first-order valence-corrected chi connectivity index (χ1v) is 7.60. The van der Waals surface area contributed by atoms with Gasteiger partial charge in [0, 0.05) is 41.5 Å². The number of nitrogen functional groups attached to an aromatic ring is 1. The van der Waals surface area contributed by atoms with Crippen molar-refractivity contribution in [3.8, 4) is 28.1 Å². The van der Waals surface area contributed by atoms with E-state index in [4.69, 9.17) is 5.73 Å². The summed E-state index contributed by atoms with van der Waals surface area (Å²) in [4.78, 5) is 8.50. The van der Waals surface area contributed by atoms with Gasteiger partial charge in [0.15, 0.2) is 0 Å². The maximum atomic E-state index is 10.2. The Morgan fingerprint density at radius 2 is 1.88 bits per heavy atom. The summed E-state index contributed by atoms with van der Waals surface area (Å²) < 4.78 is 2.07. The number of phenols is 1. The third kappa shape index (κ3) is 2.27. The van der Waals surface area contributed by atoms with E-state index in [2.05, 4.69) is 32.7 Å². The molecule has 4 aromatic rings. The highest BCUT2D eigenvalue weighted by Crippen LogP contribution is 2.36. The van der Waals surface area contributed by atoms with E-state index in [-0.39, 0.29) is 11.7 Å². The second-order valence-electron chi connectivity index (χ2n) is 5.71. The van der Waals surface area contributed by atoms with Crippen LogP contribution in [0.25, 0.3) is 33.3 Å². The summed E-state index contributed by atoms with van der Waals surface area (Å²) in [6, 6.07) is 15.3. The normalized spacial score (nSPS) is 11.0. The van der Waals surface area contributed by atoms with Crippen LogP contribution in [0.5, 0.6) is 5.75 Å². The summed E-state index contributed by atoms with van der Waals surface area (Å²) in [5, 5.41) is 11.3. The molecule has 0 fully saturated rings. The molecular weight excluding hydrogens is 300 g/mol. The minimum atomic E-state index is 0.164. The molecule has 24 heavy (non-hydrogen) atoms. The number of fused-ring (bicyclic) bond motifs is 1. The molecular formula is C19H16N4O. The largest absolute Gasteiger partial charge is 0.507 e. The molecule has 2 aromatic carbocycles. The fourth-order valence-electron chi connectivity index (χ4n) is 2.94. The number of aromatic hydroxyl groups is 1. The van der Waals surface area contributed by atoms with Crippen molar-refractivity contribution in [2.24, 2.45) is 7.05 Å². The van der Waals surface area contributed by atoms with Gasteiger partial charge < -0.3 is 15.4 Å². The Balaban J connectivity index is 1.96. The van der Waals surface area contributed by atoms with Crippen LogP contribution in [-0.4, -0.2) is 19.6 Å². The molecule has 0 amide bonds. The van der Waals surface area contributed by atoms with E-state index < -0.39 is 0 Å². The van der Waals surface area contributed by atoms with Crippen LogP contribution in [-0.2, 0) is 7.05 Å². The van der Waals surface area contributed by atoms with Gasteiger partial charge >= 0.3 is 0 Å². The average molecular weight is 316 g/mol. The van der Waals surface area contributed by atoms with Crippen molar-refractivity contribution in [3.05, 3.63) is 60.9 Å². The van der Waals surface area contributed by atoms with Crippen molar-refractivity contribution < 1.29 is 5.11 Å². The summed E-state index contributed by atoms with van der Waals surface area (Å²) >= 11 is 0. The third-order valence-corrected chi connectivity index (χ3v) is 4.16. The lowest BCUT2D eigenvalue weighted by Crippen LogP contribution is -1.98. The summed E-state index contributed by atoms with van der Waals surface area (Å²) in [7, 11) is 2.02. The first-order valence-electron chi connectivity index (χ1n) is 7.60. The summed E-state index contributed by atoms with van der Waals surface area (Å²) in [5.74, 6) is 0.343. The lowest BCUT2D eigenvalue weighted by atomic mass is 9.99. The van der Waals surface area contributed by atoms with Crippen LogP contribution < -0.4 is 5.73 Å². The summed E-state index contributed by atoms with van der Waals surface area (Å²) in [5.41, 5.74) is 10.00. The zero-order chi connectivity index (χ0) is 16.7. The molecule has 3 N–H and O–H groups in total. The van der Waals surface area contributed by atoms with E-state index in [0.717, 1.165) is 22.0 Å². The van der Waals surface area contributed by atoms with E-state index in [0.29, 0.717) is 11.3 Å². The minimum absolute atomic E-state index is 0.164. The zero-order valence-corrected chi connectivity index (χ0v) is 13.1. The van der Waals surface area contributed by atoms with Gasteiger partial charge in [-0.05, 0) is 35.9 Å². The van der Waals surface area contributed by atoms with Crippen molar-refractivity contribution >= 4 is 16.9 Å². The maximum absolute atomic E-state index is 10.2. The van der Waals surface area contributed by atoms with Gasteiger partial charge in [-0.25, -0.2) is 9.97 Å². The molecule has 0 atom stereocenters. The van der Waals surface area contributed by atoms with E-state index in [1.165, 1.54) is 0 Å². The first kappa shape index (κ1) is 14.3. The van der Waals surface area contributed by atoms with E-state index in [1.807, 2.05) is 31.4 Å². The summed E-state index contributed by atoms with van der Waals surface area (Å²) in [6.45, 7) is 0. The van der Waals surface area contributed by atoms with Gasteiger partial charge in [0.25, 0.3) is 0 Å². The molecule has 0 radical (unpaired) electrons. The van der Waals surface area contributed by atoms with Gasteiger partial charge in [-0.15, -0.1) is 0 Å². The number of rotatable bonds is 2. The molecule has 0 aliphatic rings. The SMILES string of the molecule is Cn1ccc2cc(-c3cnc(N)nc3-c3ccccc3O)ccc21. The van der Waals surface area contributed by atoms with Crippen LogP contribution >= 0.6 is 0 Å². The highest BCUT2D eigenvalue weighted by Gasteiger charge is 2.14. The second-order valence-corrected chi connectivity index (χ2v) is 5.71. The van der Waals surface area contributed by atoms with Gasteiger partial charge in [0.2, 0.25) is 5.95 Å². The Hall–Kier alpha value is -3.34. The van der Waals surface area contributed by atoms with Gasteiger partial charge in [-0.3, -0.25) is 0 Å². The number of hydrogen-bond donors (Lipinski definition) is 2. The predicted molar refractivity (Wildman–Crippen MR) is 95.5 cm³/mol. The standard InChI is InChI=1S/C19H16N4O/c1-23-9-8-13-10-12(6-7-16(13)23)15-11-21-19(20)22-18(15)14-4-2-3-5-17(14)24/h2-11,24H,1H3,(H2,20,21,22). The van der Waals surface area contributed by atoms with E-state index >= 15 is 0 Å². The molecule has 2 heterocycles. The second kappa shape index (κ2) is 5.38. The number of benzene rings is 2. The maximum Gasteiger partial charge on any atom is 0.220 e. The van der Waals surface area contributed by atoms with Gasteiger partial charge in [-0.2, -0.15) is 0 Å². The molecule has 5 heteroatoms. The molecule has 2 aromatic heterocycles.